The van der Waals surface area contributed by atoms with Crippen molar-refractivity contribution < 1.29 is 9.18 Å². The second kappa shape index (κ2) is 5.59. The Bertz CT molecular complexity index is 682. The maximum atomic E-state index is 13.5. The molecule has 4 nitrogen and oxygen atoms in total. The predicted molar refractivity (Wildman–Crippen MR) is 71.0 cm³/mol. The van der Waals surface area contributed by atoms with E-state index < -0.39 is 11.7 Å². The third-order valence-electron chi connectivity index (χ3n) is 2.31. The first-order chi connectivity index (χ1) is 9.10. The molecule has 1 amide bonds. The van der Waals surface area contributed by atoms with E-state index in [1.165, 1.54) is 36.7 Å². The number of rotatable bonds is 2. The van der Waals surface area contributed by atoms with Crippen LogP contribution in [0.15, 0.2) is 41.1 Å². The summed E-state index contributed by atoms with van der Waals surface area (Å²) in [6.07, 6.45) is 2.66. The number of nitrogens with one attached hydrogen (secondary N) is 1. The largest absolute Gasteiger partial charge is 0.319 e. The minimum atomic E-state index is -0.541. The minimum Gasteiger partial charge on any atom is -0.319 e. The van der Waals surface area contributed by atoms with Crippen LogP contribution in [0.1, 0.15) is 15.9 Å². The SMILES string of the molecule is N#Cc1cncc(C(=O)Nc2cc(Br)ccc2F)c1. The molecular weight excluding hydrogens is 313 g/mol. The normalized spacial score (nSPS) is 9.74. The molecule has 0 aliphatic carbocycles. The van der Waals surface area contributed by atoms with Crippen LogP contribution in [0.5, 0.6) is 0 Å². The monoisotopic (exact) mass is 319 g/mol. The van der Waals surface area contributed by atoms with Crippen molar-refractivity contribution in [3.05, 3.63) is 58.1 Å². The summed E-state index contributed by atoms with van der Waals surface area (Å²) in [5.41, 5.74) is 0.516. The lowest BCUT2D eigenvalue weighted by atomic mass is 10.2. The van der Waals surface area contributed by atoms with Gasteiger partial charge in [-0.15, -0.1) is 0 Å². The minimum absolute atomic E-state index is 0.0572. The van der Waals surface area contributed by atoms with E-state index in [4.69, 9.17) is 5.26 Å². The number of benzene rings is 1. The van der Waals surface area contributed by atoms with Crippen LogP contribution < -0.4 is 5.32 Å². The van der Waals surface area contributed by atoms with Crippen molar-refractivity contribution in [2.24, 2.45) is 0 Å². The summed E-state index contributed by atoms with van der Waals surface area (Å²) < 4.78 is 14.1. The molecule has 0 saturated carbocycles. The predicted octanol–water partition coefficient (Wildman–Crippen LogP) is 3.11. The summed E-state index contributed by atoms with van der Waals surface area (Å²) in [6, 6.07) is 7.49. The summed E-state index contributed by atoms with van der Waals surface area (Å²) in [6.45, 7) is 0. The molecule has 0 fully saturated rings. The Labute approximate surface area is 117 Å². The molecule has 0 radical (unpaired) electrons. The first kappa shape index (κ1) is 13.2. The summed E-state index contributed by atoms with van der Waals surface area (Å²) in [4.78, 5) is 15.7. The van der Waals surface area contributed by atoms with Crippen molar-refractivity contribution in [3.8, 4) is 6.07 Å². The number of nitrogens with zero attached hydrogens (tertiary/aromatic N) is 2. The van der Waals surface area contributed by atoms with Crippen LogP contribution in [-0.2, 0) is 0 Å². The molecule has 2 rings (SSSR count). The number of amides is 1. The lowest BCUT2D eigenvalue weighted by molar-refractivity contribution is 0.102. The van der Waals surface area contributed by atoms with E-state index >= 15 is 0 Å². The zero-order chi connectivity index (χ0) is 13.8. The van der Waals surface area contributed by atoms with Gasteiger partial charge >= 0.3 is 0 Å². The molecule has 0 spiro atoms. The van der Waals surface area contributed by atoms with Crippen molar-refractivity contribution in [2.45, 2.75) is 0 Å². The topological polar surface area (TPSA) is 65.8 Å². The Kier molecular flexibility index (Phi) is 3.88. The molecule has 0 saturated heterocycles. The highest BCUT2D eigenvalue weighted by atomic mass is 79.9. The van der Waals surface area contributed by atoms with E-state index in [0.717, 1.165) is 0 Å². The molecule has 1 aromatic heterocycles. The van der Waals surface area contributed by atoms with Gasteiger partial charge < -0.3 is 5.32 Å². The maximum Gasteiger partial charge on any atom is 0.257 e. The molecule has 1 heterocycles. The van der Waals surface area contributed by atoms with E-state index in [2.05, 4.69) is 26.2 Å². The third kappa shape index (κ3) is 3.14. The fourth-order valence-corrected chi connectivity index (χ4v) is 1.77. The smallest absolute Gasteiger partial charge is 0.257 e. The van der Waals surface area contributed by atoms with E-state index in [1.807, 2.05) is 6.07 Å². The molecule has 0 aliphatic heterocycles. The number of pyridine rings is 1. The molecule has 0 atom stereocenters. The number of halogens is 2. The van der Waals surface area contributed by atoms with Crippen molar-refractivity contribution in [2.75, 3.05) is 5.32 Å². The van der Waals surface area contributed by atoms with Gasteiger partial charge in [0.2, 0.25) is 0 Å². The Morgan fingerprint density at radius 1 is 1.37 bits per heavy atom. The van der Waals surface area contributed by atoms with Gasteiger partial charge in [0.15, 0.2) is 0 Å². The van der Waals surface area contributed by atoms with Crippen molar-refractivity contribution in [1.29, 1.82) is 5.26 Å². The lowest BCUT2D eigenvalue weighted by Gasteiger charge is -2.06. The van der Waals surface area contributed by atoms with Gasteiger partial charge in [0, 0.05) is 16.9 Å². The van der Waals surface area contributed by atoms with Gasteiger partial charge in [0.05, 0.1) is 16.8 Å². The molecule has 0 bridgehead atoms. The molecule has 19 heavy (non-hydrogen) atoms. The number of hydrogen-bond acceptors (Lipinski definition) is 3. The standard InChI is InChI=1S/C13H7BrFN3O/c14-10-1-2-11(15)12(4-10)18-13(19)9-3-8(5-16)6-17-7-9/h1-4,6-7H,(H,18,19). The Balaban J connectivity index is 2.26. The van der Waals surface area contributed by atoms with E-state index in [-0.39, 0.29) is 16.8 Å². The van der Waals surface area contributed by atoms with Crippen LogP contribution in [0, 0.1) is 17.1 Å². The highest BCUT2D eigenvalue weighted by molar-refractivity contribution is 9.10. The fraction of sp³-hybridized carbons (Fsp3) is 0. The summed E-state index contributed by atoms with van der Waals surface area (Å²) in [5, 5.41) is 11.2. The van der Waals surface area contributed by atoms with Crippen molar-refractivity contribution >= 4 is 27.5 Å². The molecule has 6 heteroatoms. The van der Waals surface area contributed by atoms with E-state index in [9.17, 15) is 9.18 Å². The highest BCUT2D eigenvalue weighted by Gasteiger charge is 2.10. The molecule has 2 aromatic rings. The number of nitriles is 1. The zero-order valence-electron chi connectivity index (χ0n) is 9.52. The van der Waals surface area contributed by atoms with Crippen LogP contribution >= 0.6 is 15.9 Å². The second-order valence-corrected chi connectivity index (χ2v) is 4.57. The first-order valence-corrected chi connectivity index (χ1v) is 6.01. The number of carbonyl (C=O) groups is 1. The summed E-state index contributed by atoms with van der Waals surface area (Å²) >= 11 is 3.19. The average Bonchev–Trinajstić information content (AvgIpc) is 2.43. The van der Waals surface area contributed by atoms with Crippen LogP contribution in [0.4, 0.5) is 10.1 Å². The number of hydrogen-bond donors (Lipinski definition) is 1. The fourth-order valence-electron chi connectivity index (χ4n) is 1.41. The highest BCUT2D eigenvalue weighted by Crippen LogP contribution is 2.20. The van der Waals surface area contributed by atoms with Crippen molar-refractivity contribution in [1.82, 2.24) is 4.98 Å². The van der Waals surface area contributed by atoms with E-state index in [0.29, 0.717) is 4.47 Å². The quantitative estimate of drug-likeness (QED) is 0.924. The average molecular weight is 320 g/mol. The molecule has 0 unspecified atom stereocenters. The Morgan fingerprint density at radius 3 is 2.89 bits per heavy atom. The number of carbonyl (C=O) groups excluding carboxylic acids is 1. The van der Waals surface area contributed by atoms with Gasteiger partial charge in [-0.1, -0.05) is 15.9 Å². The lowest BCUT2D eigenvalue weighted by Crippen LogP contribution is -2.13. The third-order valence-corrected chi connectivity index (χ3v) is 2.80. The van der Waals surface area contributed by atoms with Crippen LogP contribution in [-0.4, -0.2) is 10.9 Å². The molecule has 0 aliphatic rings. The first-order valence-electron chi connectivity index (χ1n) is 5.21. The summed E-state index contributed by atoms with van der Waals surface area (Å²) in [7, 11) is 0. The molecular formula is C13H7BrFN3O. The van der Waals surface area contributed by atoms with Gasteiger partial charge in [-0.25, -0.2) is 4.39 Å². The van der Waals surface area contributed by atoms with Gasteiger partial charge in [-0.05, 0) is 24.3 Å². The molecule has 1 N–H and O–H groups in total. The molecule has 94 valence electrons. The van der Waals surface area contributed by atoms with Crippen LogP contribution in [0.2, 0.25) is 0 Å². The van der Waals surface area contributed by atoms with E-state index in [1.54, 1.807) is 0 Å². The summed E-state index contributed by atoms with van der Waals surface area (Å²) in [5.74, 6) is -1.07. The Morgan fingerprint density at radius 2 is 2.16 bits per heavy atom. The van der Waals surface area contributed by atoms with Crippen molar-refractivity contribution in [3.63, 3.8) is 0 Å². The zero-order valence-corrected chi connectivity index (χ0v) is 11.1. The number of aromatic nitrogens is 1. The van der Waals surface area contributed by atoms with Gasteiger partial charge in [-0.2, -0.15) is 5.26 Å². The van der Waals surface area contributed by atoms with Gasteiger partial charge in [0.25, 0.3) is 5.91 Å². The number of anilines is 1. The van der Waals surface area contributed by atoms with Crippen LogP contribution in [0.25, 0.3) is 0 Å². The van der Waals surface area contributed by atoms with Gasteiger partial charge in [0.1, 0.15) is 11.9 Å². The second-order valence-electron chi connectivity index (χ2n) is 3.65. The van der Waals surface area contributed by atoms with Crippen LogP contribution in [0.3, 0.4) is 0 Å². The maximum absolute atomic E-state index is 13.5. The molecule has 1 aromatic carbocycles. The Hall–Kier alpha value is -2.26. The van der Waals surface area contributed by atoms with Gasteiger partial charge in [-0.3, -0.25) is 9.78 Å².